The Balaban J connectivity index is 1.43. The Morgan fingerprint density at radius 3 is 2.95 bits per heavy atom. The summed E-state index contributed by atoms with van der Waals surface area (Å²) in [5.41, 5.74) is 5.80. The van der Waals surface area contributed by atoms with Gasteiger partial charge in [0, 0.05) is 37.6 Å². The third-order valence-electron chi connectivity index (χ3n) is 4.19. The molecule has 2 heterocycles. The van der Waals surface area contributed by atoms with E-state index in [0.29, 0.717) is 6.54 Å². The fourth-order valence-electron chi connectivity index (χ4n) is 2.92. The summed E-state index contributed by atoms with van der Waals surface area (Å²) >= 11 is 1.66. The number of hydrogen-bond acceptors (Lipinski definition) is 5. The molecular weight excluding hydrogens is 294 g/mol. The molecule has 2 N–H and O–H groups in total. The Labute approximate surface area is 135 Å². The molecule has 1 unspecified atom stereocenters. The highest BCUT2D eigenvalue weighted by atomic mass is 32.1. The minimum atomic E-state index is -0.335. The van der Waals surface area contributed by atoms with E-state index in [4.69, 9.17) is 0 Å². The van der Waals surface area contributed by atoms with Gasteiger partial charge in [0.05, 0.1) is 17.3 Å². The van der Waals surface area contributed by atoms with Gasteiger partial charge in [0.15, 0.2) is 0 Å². The lowest BCUT2D eigenvalue weighted by Crippen LogP contribution is -2.40. The van der Waals surface area contributed by atoms with E-state index >= 15 is 0 Å². The maximum atomic E-state index is 10.2. The molecule has 0 saturated heterocycles. The van der Waals surface area contributed by atoms with Crippen LogP contribution in [0.1, 0.15) is 21.7 Å². The van der Waals surface area contributed by atoms with Crippen LogP contribution in [0.4, 0.5) is 0 Å². The van der Waals surface area contributed by atoms with Crippen LogP contribution in [0.2, 0.25) is 0 Å². The van der Waals surface area contributed by atoms with E-state index in [1.165, 1.54) is 16.0 Å². The summed E-state index contributed by atoms with van der Waals surface area (Å²) in [5.74, 6) is 0. The van der Waals surface area contributed by atoms with E-state index in [9.17, 15) is 5.11 Å². The van der Waals surface area contributed by atoms with Gasteiger partial charge in [0.1, 0.15) is 0 Å². The summed E-state index contributed by atoms with van der Waals surface area (Å²) in [7, 11) is 0. The summed E-state index contributed by atoms with van der Waals surface area (Å²) in [6.45, 7) is 6.13. The molecule has 1 aliphatic rings. The van der Waals surface area contributed by atoms with Gasteiger partial charge in [-0.05, 0) is 24.5 Å². The molecule has 1 aliphatic heterocycles. The van der Waals surface area contributed by atoms with E-state index in [1.807, 2.05) is 12.4 Å². The van der Waals surface area contributed by atoms with Gasteiger partial charge in [-0.1, -0.05) is 24.3 Å². The second kappa shape index (κ2) is 7.33. The van der Waals surface area contributed by atoms with Crippen molar-refractivity contribution < 1.29 is 5.11 Å². The van der Waals surface area contributed by atoms with Gasteiger partial charge in [-0.2, -0.15) is 0 Å². The van der Waals surface area contributed by atoms with Crippen LogP contribution < -0.4 is 5.32 Å². The van der Waals surface area contributed by atoms with Gasteiger partial charge in [-0.3, -0.25) is 4.90 Å². The van der Waals surface area contributed by atoms with Gasteiger partial charge in [-0.15, -0.1) is 11.3 Å². The normalized spacial score (nSPS) is 16.5. The molecule has 0 spiro atoms. The van der Waals surface area contributed by atoms with Crippen molar-refractivity contribution in [1.29, 1.82) is 0 Å². The lowest BCUT2D eigenvalue weighted by molar-refractivity contribution is 0.104. The number of hydrogen-bond donors (Lipinski definition) is 2. The topological polar surface area (TPSA) is 48.4 Å². The third kappa shape index (κ3) is 3.93. The summed E-state index contributed by atoms with van der Waals surface area (Å²) < 4.78 is 0. The molecule has 4 nitrogen and oxygen atoms in total. The maximum Gasteiger partial charge on any atom is 0.0798 e. The number of β-amino-alcohol motifs (C(OH)–C–C–N with tert-alkyl or cyclic N) is 1. The number of nitrogens with zero attached hydrogens (tertiary/aromatic N) is 2. The second-order valence-corrected chi connectivity index (χ2v) is 6.84. The lowest BCUT2D eigenvalue weighted by atomic mass is 10.00. The number of aliphatic hydroxyl groups excluding tert-OH is 1. The van der Waals surface area contributed by atoms with Crippen molar-refractivity contribution in [3.8, 4) is 0 Å². The van der Waals surface area contributed by atoms with Crippen LogP contribution in [-0.2, 0) is 19.5 Å². The zero-order chi connectivity index (χ0) is 15.4. The van der Waals surface area contributed by atoms with Gasteiger partial charge < -0.3 is 10.4 Å². The number of aryl methyl sites for hydroxylation is 1. The highest BCUT2D eigenvalue weighted by molar-refractivity contribution is 7.09. The Hall–Kier alpha value is -1.27. The van der Waals surface area contributed by atoms with Gasteiger partial charge in [-0.25, -0.2) is 4.98 Å². The van der Waals surface area contributed by atoms with Crippen molar-refractivity contribution in [3.05, 3.63) is 51.5 Å². The first-order chi connectivity index (χ1) is 10.7. The van der Waals surface area contributed by atoms with Crippen molar-refractivity contribution in [3.63, 3.8) is 0 Å². The predicted molar refractivity (Wildman–Crippen MR) is 90.0 cm³/mol. The first-order valence-corrected chi connectivity index (χ1v) is 8.67. The number of benzene rings is 1. The second-order valence-electron chi connectivity index (χ2n) is 5.90. The Kier molecular flexibility index (Phi) is 5.20. The first-order valence-electron chi connectivity index (χ1n) is 7.79. The van der Waals surface area contributed by atoms with Crippen LogP contribution in [0.3, 0.4) is 0 Å². The summed E-state index contributed by atoms with van der Waals surface area (Å²) in [6, 6.07) is 8.60. The largest absolute Gasteiger partial charge is 0.390 e. The minimum absolute atomic E-state index is 0.335. The first kappa shape index (κ1) is 15.6. The smallest absolute Gasteiger partial charge is 0.0798 e. The highest BCUT2D eigenvalue weighted by Gasteiger charge is 2.18. The molecule has 22 heavy (non-hydrogen) atoms. The Morgan fingerprint density at radius 2 is 2.18 bits per heavy atom. The maximum absolute atomic E-state index is 10.2. The lowest BCUT2D eigenvalue weighted by Gasteiger charge is -2.30. The number of aliphatic hydroxyl groups is 1. The minimum Gasteiger partial charge on any atom is -0.390 e. The van der Waals surface area contributed by atoms with Crippen molar-refractivity contribution in [1.82, 2.24) is 15.2 Å². The average molecular weight is 317 g/mol. The molecule has 0 saturated carbocycles. The number of fused-ring (bicyclic) bond motifs is 1. The molecule has 1 atom stereocenters. The molecule has 3 rings (SSSR count). The van der Waals surface area contributed by atoms with Crippen LogP contribution in [-0.4, -0.2) is 40.7 Å². The molecule has 0 amide bonds. The van der Waals surface area contributed by atoms with E-state index in [1.54, 1.807) is 11.3 Å². The number of nitrogens with one attached hydrogen (secondary N) is 1. The van der Waals surface area contributed by atoms with Crippen LogP contribution in [0.5, 0.6) is 0 Å². The molecule has 0 fully saturated rings. The fourth-order valence-corrected chi connectivity index (χ4v) is 3.67. The van der Waals surface area contributed by atoms with Crippen molar-refractivity contribution in [2.24, 2.45) is 0 Å². The SMILES string of the molecule is Cc1ncsc1CNCC(O)CN1CCc2ccccc2C1. The third-order valence-corrected chi connectivity index (χ3v) is 5.12. The molecule has 0 radical (unpaired) electrons. The van der Waals surface area contributed by atoms with E-state index in [-0.39, 0.29) is 6.10 Å². The van der Waals surface area contributed by atoms with Gasteiger partial charge in [0.2, 0.25) is 0 Å². The zero-order valence-electron chi connectivity index (χ0n) is 13.0. The average Bonchev–Trinajstić information content (AvgIpc) is 2.92. The molecule has 1 aromatic heterocycles. The van der Waals surface area contributed by atoms with Crippen LogP contribution in [0.15, 0.2) is 29.8 Å². The molecular formula is C17H23N3OS. The number of aromatic nitrogens is 1. The van der Waals surface area contributed by atoms with Gasteiger partial charge >= 0.3 is 0 Å². The molecule has 1 aromatic carbocycles. The van der Waals surface area contributed by atoms with Gasteiger partial charge in [0.25, 0.3) is 0 Å². The molecule has 0 aliphatic carbocycles. The summed E-state index contributed by atoms with van der Waals surface area (Å²) in [6.07, 6.45) is 0.745. The molecule has 5 heteroatoms. The number of rotatable bonds is 6. The monoisotopic (exact) mass is 317 g/mol. The quantitative estimate of drug-likeness (QED) is 0.855. The van der Waals surface area contributed by atoms with Crippen molar-refractivity contribution in [2.75, 3.05) is 19.6 Å². The molecule has 0 bridgehead atoms. The molecule has 118 valence electrons. The molecule has 2 aromatic rings. The zero-order valence-corrected chi connectivity index (χ0v) is 13.8. The Morgan fingerprint density at radius 1 is 1.36 bits per heavy atom. The van der Waals surface area contributed by atoms with Crippen LogP contribution in [0.25, 0.3) is 0 Å². The van der Waals surface area contributed by atoms with E-state index in [2.05, 4.69) is 39.5 Å². The van der Waals surface area contributed by atoms with Crippen molar-refractivity contribution >= 4 is 11.3 Å². The standard InChI is InChI=1S/C17H23N3OS/c1-13-17(22-12-19-13)9-18-8-16(21)11-20-7-6-14-4-2-3-5-15(14)10-20/h2-5,12,16,18,21H,6-11H2,1H3. The summed E-state index contributed by atoms with van der Waals surface area (Å²) in [5, 5.41) is 13.6. The van der Waals surface area contributed by atoms with Crippen LogP contribution >= 0.6 is 11.3 Å². The van der Waals surface area contributed by atoms with Crippen LogP contribution in [0, 0.1) is 6.92 Å². The summed E-state index contributed by atoms with van der Waals surface area (Å²) in [4.78, 5) is 7.83. The van der Waals surface area contributed by atoms with Crippen molar-refractivity contribution in [2.45, 2.75) is 32.5 Å². The number of thiazole rings is 1. The highest BCUT2D eigenvalue weighted by Crippen LogP contribution is 2.18. The Bertz CT molecular complexity index is 613. The fraction of sp³-hybridized carbons (Fsp3) is 0.471. The van der Waals surface area contributed by atoms with E-state index in [0.717, 1.165) is 38.3 Å². The van der Waals surface area contributed by atoms with E-state index < -0.39 is 0 Å². The predicted octanol–water partition coefficient (Wildman–Crippen LogP) is 1.96.